The van der Waals surface area contributed by atoms with Gasteiger partial charge in [-0.05, 0) is 57.4 Å². The van der Waals surface area contributed by atoms with Crippen molar-refractivity contribution >= 4 is 5.69 Å². The van der Waals surface area contributed by atoms with E-state index in [4.69, 9.17) is 9.47 Å². The lowest BCUT2D eigenvalue weighted by molar-refractivity contribution is 0.00688. The van der Waals surface area contributed by atoms with Crippen LogP contribution in [0.15, 0.2) is 24.3 Å². The Kier molecular flexibility index (Phi) is 6.33. The van der Waals surface area contributed by atoms with Crippen molar-refractivity contribution in [2.45, 2.75) is 57.8 Å². The zero-order chi connectivity index (χ0) is 15.1. The first-order valence-electron chi connectivity index (χ1n) is 7.98. The average Bonchev–Trinajstić information content (AvgIpc) is 2.49. The lowest BCUT2D eigenvalue weighted by Crippen LogP contribution is -2.34. The van der Waals surface area contributed by atoms with Gasteiger partial charge < -0.3 is 19.9 Å². The van der Waals surface area contributed by atoms with Gasteiger partial charge in [-0.25, -0.2) is 0 Å². The van der Waals surface area contributed by atoms with Gasteiger partial charge in [-0.15, -0.1) is 0 Å². The Balaban J connectivity index is 1.83. The summed E-state index contributed by atoms with van der Waals surface area (Å²) < 4.78 is 11.3. The van der Waals surface area contributed by atoms with Crippen LogP contribution in [0.4, 0.5) is 5.69 Å². The molecule has 3 unspecified atom stereocenters. The molecule has 0 saturated heterocycles. The molecule has 1 fully saturated rings. The molecule has 1 aromatic carbocycles. The Bertz CT molecular complexity index is 407. The fourth-order valence-corrected chi connectivity index (χ4v) is 2.64. The van der Waals surface area contributed by atoms with Crippen molar-refractivity contribution in [1.29, 1.82) is 0 Å². The second-order valence-electron chi connectivity index (χ2n) is 5.74. The maximum absolute atomic E-state index is 9.93. The first-order valence-corrected chi connectivity index (χ1v) is 7.98. The molecule has 0 aromatic heterocycles. The van der Waals surface area contributed by atoms with Crippen LogP contribution in [0.1, 0.15) is 39.5 Å². The minimum atomic E-state index is -0.331. The molecule has 118 valence electrons. The summed E-state index contributed by atoms with van der Waals surface area (Å²) in [4.78, 5) is 0. The minimum Gasteiger partial charge on any atom is -0.488 e. The summed E-state index contributed by atoms with van der Waals surface area (Å²) in [5, 5.41) is 13.3. The first kappa shape index (κ1) is 16.1. The van der Waals surface area contributed by atoms with Crippen LogP contribution in [0.2, 0.25) is 0 Å². The highest BCUT2D eigenvalue weighted by Gasteiger charge is 2.24. The number of aliphatic hydroxyl groups is 1. The number of anilines is 1. The Hall–Kier alpha value is -1.26. The highest BCUT2D eigenvalue weighted by Crippen LogP contribution is 2.25. The van der Waals surface area contributed by atoms with Gasteiger partial charge in [0.1, 0.15) is 11.9 Å². The minimum absolute atomic E-state index is 0.0607. The Morgan fingerprint density at radius 2 is 1.95 bits per heavy atom. The molecule has 4 heteroatoms. The van der Waals surface area contributed by atoms with E-state index < -0.39 is 0 Å². The van der Waals surface area contributed by atoms with Crippen molar-refractivity contribution in [2.75, 3.05) is 18.5 Å². The smallest absolute Gasteiger partial charge is 0.124 e. The molecule has 2 rings (SSSR count). The number of ether oxygens (including phenoxy) is 2. The molecule has 1 aliphatic carbocycles. The first-order chi connectivity index (χ1) is 10.2. The van der Waals surface area contributed by atoms with Crippen LogP contribution >= 0.6 is 0 Å². The van der Waals surface area contributed by atoms with Gasteiger partial charge in [0, 0.05) is 18.3 Å². The lowest BCUT2D eigenvalue weighted by atomic mass is 9.95. The van der Waals surface area contributed by atoms with Crippen molar-refractivity contribution in [1.82, 2.24) is 0 Å². The summed E-state index contributed by atoms with van der Waals surface area (Å²) in [7, 11) is 0. The molecule has 3 atom stereocenters. The van der Waals surface area contributed by atoms with Crippen LogP contribution in [0.3, 0.4) is 0 Å². The number of hydrogen-bond acceptors (Lipinski definition) is 4. The van der Waals surface area contributed by atoms with Crippen molar-refractivity contribution in [3.63, 3.8) is 0 Å². The second-order valence-corrected chi connectivity index (χ2v) is 5.74. The number of hydrogen-bond donors (Lipinski definition) is 2. The van der Waals surface area contributed by atoms with E-state index in [2.05, 4.69) is 12.2 Å². The molecule has 0 heterocycles. The van der Waals surface area contributed by atoms with Crippen molar-refractivity contribution < 1.29 is 14.6 Å². The van der Waals surface area contributed by atoms with Gasteiger partial charge in [-0.2, -0.15) is 0 Å². The lowest BCUT2D eigenvalue weighted by Gasteiger charge is -2.28. The zero-order valence-corrected chi connectivity index (χ0v) is 13.0. The van der Waals surface area contributed by atoms with Gasteiger partial charge in [-0.3, -0.25) is 0 Å². The molecule has 1 saturated carbocycles. The molecule has 0 bridgehead atoms. The summed E-state index contributed by atoms with van der Waals surface area (Å²) in [6, 6.07) is 8.20. The van der Waals surface area contributed by atoms with Gasteiger partial charge in [0.15, 0.2) is 0 Å². The standard InChI is InChI=1S/C17H27NO3/c1-3-20-12-13(2)18-14-8-10-15(11-9-14)21-17-7-5-4-6-16(17)19/h8-11,13,16-19H,3-7,12H2,1-2H3. The van der Waals surface area contributed by atoms with Crippen LogP contribution in [0, 0.1) is 0 Å². The van der Waals surface area contributed by atoms with E-state index in [0.29, 0.717) is 6.61 Å². The highest BCUT2D eigenvalue weighted by atomic mass is 16.5. The van der Waals surface area contributed by atoms with E-state index >= 15 is 0 Å². The van der Waals surface area contributed by atoms with Gasteiger partial charge in [-0.1, -0.05) is 6.42 Å². The summed E-state index contributed by atoms with van der Waals surface area (Å²) >= 11 is 0. The van der Waals surface area contributed by atoms with Gasteiger partial charge in [0.25, 0.3) is 0 Å². The highest BCUT2D eigenvalue weighted by molar-refractivity contribution is 5.47. The van der Waals surface area contributed by atoms with E-state index in [-0.39, 0.29) is 18.2 Å². The van der Waals surface area contributed by atoms with Crippen LogP contribution in [-0.2, 0) is 4.74 Å². The fraction of sp³-hybridized carbons (Fsp3) is 0.647. The van der Waals surface area contributed by atoms with Crippen LogP contribution < -0.4 is 10.1 Å². The average molecular weight is 293 g/mol. The molecular formula is C17H27NO3. The third kappa shape index (κ3) is 5.21. The van der Waals surface area contributed by atoms with Gasteiger partial charge >= 0.3 is 0 Å². The summed E-state index contributed by atoms with van der Waals surface area (Å²) in [5.74, 6) is 0.823. The topological polar surface area (TPSA) is 50.7 Å². The molecule has 0 radical (unpaired) electrons. The van der Waals surface area contributed by atoms with Crippen LogP contribution in [0.25, 0.3) is 0 Å². The molecule has 1 aliphatic rings. The van der Waals surface area contributed by atoms with Crippen molar-refractivity contribution in [3.8, 4) is 5.75 Å². The van der Waals surface area contributed by atoms with E-state index in [1.54, 1.807) is 0 Å². The molecule has 0 amide bonds. The predicted octanol–water partition coefficient (Wildman–Crippen LogP) is 3.21. The largest absolute Gasteiger partial charge is 0.488 e. The van der Waals surface area contributed by atoms with E-state index in [9.17, 15) is 5.11 Å². The predicted molar refractivity (Wildman–Crippen MR) is 84.9 cm³/mol. The van der Waals surface area contributed by atoms with Crippen molar-refractivity contribution in [2.24, 2.45) is 0 Å². The SMILES string of the molecule is CCOCC(C)Nc1ccc(OC2CCCCC2O)cc1. The van der Waals surface area contributed by atoms with E-state index in [1.807, 2.05) is 31.2 Å². The quantitative estimate of drug-likeness (QED) is 0.810. The number of aliphatic hydroxyl groups excluding tert-OH is 1. The molecule has 4 nitrogen and oxygen atoms in total. The zero-order valence-electron chi connectivity index (χ0n) is 13.0. The third-order valence-electron chi connectivity index (χ3n) is 3.79. The summed E-state index contributed by atoms with van der Waals surface area (Å²) in [6.07, 6.45) is 3.63. The maximum atomic E-state index is 9.93. The third-order valence-corrected chi connectivity index (χ3v) is 3.79. The van der Waals surface area contributed by atoms with E-state index in [0.717, 1.165) is 43.7 Å². The molecule has 1 aromatic rings. The molecule has 0 spiro atoms. The maximum Gasteiger partial charge on any atom is 0.124 e. The Morgan fingerprint density at radius 1 is 1.24 bits per heavy atom. The molecule has 21 heavy (non-hydrogen) atoms. The van der Waals surface area contributed by atoms with Crippen LogP contribution in [-0.4, -0.2) is 36.6 Å². The molecule has 2 N–H and O–H groups in total. The number of benzene rings is 1. The Morgan fingerprint density at radius 3 is 2.62 bits per heavy atom. The summed E-state index contributed by atoms with van der Waals surface area (Å²) in [6.45, 7) is 5.53. The fourth-order valence-electron chi connectivity index (χ4n) is 2.64. The molecular weight excluding hydrogens is 266 g/mol. The van der Waals surface area contributed by atoms with Crippen LogP contribution in [0.5, 0.6) is 5.75 Å². The number of rotatable bonds is 7. The van der Waals surface area contributed by atoms with Gasteiger partial charge in [0.2, 0.25) is 0 Å². The summed E-state index contributed by atoms with van der Waals surface area (Å²) in [5.41, 5.74) is 1.05. The Labute approximate surface area is 127 Å². The molecule has 0 aliphatic heterocycles. The van der Waals surface area contributed by atoms with Gasteiger partial charge in [0.05, 0.1) is 12.7 Å². The van der Waals surface area contributed by atoms with Crippen molar-refractivity contribution in [3.05, 3.63) is 24.3 Å². The number of nitrogens with one attached hydrogen (secondary N) is 1. The second kappa shape index (κ2) is 8.25. The van der Waals surface area contributed by atoms with E-state index in [1.165, 1.54) is 0 Å². The normalized spacial score (nSPS) is 23.6. The monoisotopic (exact) mass is 293 g/mol.